The number of hydrogen-bond acceptors (Lipinski definition) is 4. The van der Waals surface area contributed by atoms with E-state index >= 15 is 0 Å². The fourth-order valence-electron chi connectivity index (χ4n) is 4.31. The van der Waals surface area contributed by atoms with Gasteiger partial charge in [-0.3, -0.25) is 9.59 Å². The fraction of sp³-hybridized carbons (Fsp3) is 0.308. The lowest BCUT2D eigenvalue weighted by atomic mass is 10.0. The molecular formula is C26H25FN2O3S. The molecule has 1 saturated carbocycles. The maximum atomic E-state index is 13.5. The zero-order valence-corrected chi connectivity index (χ0v) is 19.0. The Hall–Kier alpha value is -3.19. The molecule has 0 N–H and O–H groups in total. The summed E-state index contributed by atoms with van der Waals surface area (Å²) in [5.74, 6) is 0.0622. The third-order valence-corrected chi connectivity index (χ3v) is 7.21. The Bertz CT molecular complexity index is 1130. The van der Waals surface area contributed by atoms with E-state index in [-0.39, 0.29) is 36.3 Å². The van der Waals surface area contributed by atoms with Crippen molar-refractivity contribution in [1.29, 1.82) is 0 Å². The van der Waals surface area contributed by atoms with Gasteiger partial charge in [0.15, 0.2) is 0 Å². The highest BCUT2D eigenvalue weighted by molar-refractivity contribution is 7.10. The van der Waals surface area contributed by atoms with E-state index in [0.29, 0.717) is 18.7 Å². The van der Waals surface area contributed by atoms with E-state index in [9.17, 15) is 14.0 Å². The number of rotatable bonds is 7. The van der Waals surface area contributed by atoms with Crippen LogP contribution in [0.4, 0.5) is 4.39 Å². The number of para-hydroxylation sites is 1. The number of carbonyl (C=O) groups excluding carboxylic acids is 2. The Morgan fingerprint density at radius 3 is 2.55 bits per heavy atom. The highest BCUT2D eigenvalue weighted by Gasteiger charge is 2.38. The van der Waals surface area contributed by atoms with E-state index in [0.717, 1.165) is 30.6 Å². The minimum Gasteiger partial charge on any atom is -0.491 e. The van der Waals surface area contributed by atoms with Gasteiger partial charge in [-0.25, -0.2) is 4.39 Å². The van der Waals surface area contributed by atoms with Gasteiger partial charge in [0.2, 0.25) is 5.91 Å². The fourth-order valence-corrected chi connectivity index (χ4v) is 5.24. The molecule has 7 heteroatoms. The molecule has 0 radical (unpaired) electrons. The van der Waals surface area contributed by atoms with Gasteiger partial charge in [0.25, 0.3) is 5.91 Å². The van der Waals surface area contributed by atoms with Crippen molar-refractivity contribution in [3.8, 4) is 5.75 Å². The van der Waals surface area contributed by atoms with Crippen molar-refractivity contribution < 1.29 is 18.7 Å². The summed E-state index contributed by atoms with van der Waals surface area (Å²) in [7, 11) is 0. The van der Waals surface area contributed by atoms with Crippen molar-refractivity contribution in [3.05, 3.63) is 87.9 Å². The monoisotopic (exact) mass is 464 g/mol. The zero-order chi connectivity index (χ0) is 22.8. The van der Waals surface area contributed by atoms with Crippen molar-refractivity contribution in [1.82, 2.24) is 9.80 Å². The molecule has 2 heterocycles. The molecule has 2 aromatic carbocycles. The summed E-state index contributed by atoms with van der Waals surface area (Å²) in [6.07, 6.45) is 2.57. The molecule has 5 nitrogen and oxygen atoms in total. The lowest BCUT2D eigenvalue weighted by Gasteiger charge is -2.37. The predicted molar refractivity (Wildman–Crippen MR) is 125 cm³/mol. The second kappa shape index (κ2) is 9.35. The summed E-state index contributed by atoms with van der Waals surface area (Å²) in [5.41, 5.74) is 1.53. The van der Waals surface area contributed by atoms with Gasteiger partial charge in [0, 0.05) is 23.0 Å². The van der Waals surface area contributed by atoms with Crippen LogP contribution in [0, 0.1) is 5.82 Å². The molecule has 170 valence electrons. The second-order valence-electron chi connectivity index (χ2n) is 8.45. The minimum absolute atomic E-state index is 0.0161. The number of nitrogens with zero attached hydrogens (tertiary/aromatic N) is 2. The number of carbonyl (C=O) groups is 2. The van der Waals surface area contributed by atoms with Gasteiger partial charge in [-0.2, -0.15) is 0 Å². The normalized spacial score (nSPS) is 17.4. The van der Waals surface area contributed by atoms with Crippen LogP contribution in [0.1, 0.15) is 39.7 Å². The van der Waals surface area contributed by atoms with Crippen LogP contribution < -0.4 is 4.74 Å². The molecule has 1 unspecified atom stereocenters. The van der Waals surface area contributed by atoms with Gasteiger partial charge in [0.05, 0.1) is 6.04 Å². The van der Waals surface area contributed by atoms with E-state index in [2.05, 4.69) is 11.4 Å². The smallest absolute Gasteiger partial charge is 0.254 e. The number of amides is 2. The van der Waals surface area contributed by atoms with Crippen molar-refractivity contribution in [2.24, 2.45) is 0 Å². The summed E-state index contributed by atoms with van der Waals surface area (Å²) in [6.45, 7) is 0.968. The highest BCUT2D eigenvalue weighted by atomic mass is 32.1. The third-order valence-electron chi connectivity index (χ3n) is 6.21. The molecule has 0 bridgehead atoms. The van der Waals surface area contributed by atoms with Crippen molar-refractivity contribution in [3.63, 3.8) is 0 Å². The van der Waals surface area contributed by atoms with Crippen molar-refractivity contribution in [2.75, 3.05) is 19.7 Å². The van der Waals surface area contributed by atoms with Crippen LogP contribution >= 0.6 is 11.3 Å². The molecule has 0 spiro atoms. The summed E-state index contributed by atoms with van der Waals surface area (Å²) < 4.78 is 19.4. The first-order chi connectivity index (χ1) is 16.1. The SMILES string of the molecule is O=C(c1ccc(F)cc1)N(CC(=O)N1CCc2sccc2C1COc1ccccc1)C1CC1. The van der Waals surface area contributed by atoms with Gasteiger partial charge in [-0.05, 0) is 72.7 Å². The molecule has 1 fully saturated rings. The number of ether oxygens (including phenoxy) is 1. The topological polar surface area (TPSA) is 49.9 Å². The van der Waals surface area contributed by atoms with Crippen LogP contribution in [0.2, 0.25) is 0 Å². The number of benzene rings is 2. The summed E-state index contributed by atoms with van der Waals surface area (Å²) in [4.78, 5) is 31.4. The molecule has 33 heavy (non-hydrogen) atoms. The predicted octanol–water partition coefficient (Wildman–Crippen LogP) is 4.70. The number of hydrogen-bond donors (Lipinski definition) is 0. The van der Waals surface area contributed by atoms with E-state index in [4.69, 9.17) is 4.74 Å². The Kier molecular flexibility index (Phi) is 6.13. The van der Waals surface area contributed by atoms with Crippen LogP contribution in [-0.2, 0) is 11.2 Å². The van der Waals surface area contributed by atoms with Gasteiger partial charge < -0.3 is 14.5 Å². The van der Waals surface area contributed by atoms with Crippen molar-refractivity contribution >= 4 is 23.2 Å². The summed E-state index contributed by atoms with van der Waals surface area (Å²) >= 11 is 1.71. The van der Waals surface area contributed by atoms with Gasteiger partial charge in [-0.1, -0.05) is 18.2 Å². The standard InChI is InChI=1S/C26H25FN2O3S/c27-19-8-6-18(7-9-19)26(31)29(20-10-11-20)16-25(30)28-14-12-24-22(13-15-33-24)23(28)17-32-21-4-2-1-3-5-21/h1-9,13,15,20,23H,10-12,14,16-17H2. The average Bonchev–Trinajstić information content (AvgIpc) is 3.57. The van der Waals surface area contributed by atoms with Crippen LogP contribution in [0.15, 0.2) is 66.0 Å². The highest BCUT2D eigenvalue weighted by Crippen LogP contribution is 2.35. The van der Waals surface area contributed by atoms with Crippen LogP contribution in [-0.4, -0.2) is 47.4 Å². The number of halogens is 1. The van der Waals surface area contributed by atoms with E-state index in [1.165, 1.54) is 29.1 Å². The van der Waals surface area contributed by atoms with Crippen LogP contribution in [0.25, 0.3) is 0 Å². The van der Waals surface area contributed by atoms with Gasteiger partial charge >= 0.3 is 0 Å². The molecule has 1 atom stereocenters. The lowest BCUT2D eigenvalue weighted by molar-refractivity contribution is -0.135. The molecular weight excluding hydrogens is 439 g/mol. The third kappa shape index (κ3) is 4.78. The lowest BCUT2D eigenvalue weighted by Crippen LogP contribution is -2.48. The number of thiophene rings is 1. The molecule has 1 aliphatic heterocycles. The Morgan fingerprint density at radius 1 is 1.06 bits per heavy atom. The van der Waals surface area contributed by atoms with Crippen molar-refractivity contribution in [2.45, 2.75) is 31.3 Å². The first kappa shape index (κ1) is 21.6. The summed E-state index contributed by atoms with van der Waals surface area (Å²) in [5, 5.41) is 2.06. The molecule has 5 rings (SSSR count). The quantitative estimate of drug-likeness (QED) is 0.510. The first-order valence-corrected chi connectivity index (χ1v) is 12.1. The molecule has 0 saturated heterocycles. The summed E-state index contributed by atoms with van der Waals surface area (Å²) in [6, 6.07) is 17.0. The minimum atomic E-state index is -0.387. The largest absolute Gasteiger partial charge is 0.491 e. The first-order valence-electron chi connectivity index (χ1n) is 11.2. The Morgan fingerprint density at radius 2 is 1.82 bits per heavy atom. The number of fused-ring (bicyclic) bond motifs is 1. The van der Waals surface area contributed by atoms with E-state index < -0.39 is 0 Å². The Balaban J connectivity index is 1.34. The second-order valence-corrected chi connectivity index (χ2v) is 9.45. The van der Waals surface area contributed by atoms with Gasteiger partial charge in [0.1, 0.15) is 24.7 Å². The molecule has 2 amide bonds. The maximum Gasteiger partial charge on any atom is 0.254 e. The molecule has 1 aromatic heterocycles. The van der Waals surface area contributed by atoms with Crippen LogP contribution in [0.3, 0.4) is 0 Å². The average molecular weight is 465 g/mol. The Labute approximate surface area is 196 Å². The zero-order valence-electron chi connectivity index (χ0n) is 18.2. The van der Waals surface area contributed by atoms with E-state index in [1.54, 1.807) is 16.2 Å². The van der Waals surface area contributed by atoms with Crippen LogP contribution in [0.5, 0.6) is 5.75 Å². The van der Waals surface area contributed by atoms with E-state index in [1.807, 2.05) is 35.2 Å². The van der Waals surface area contributed by atoms with Gasteiger partial charge in [-0.15, -0.1) is 11.3 Å². The molecule has 1 aliphatic carbocycles. The molecule has 3 aromatic rings. The maximum absolute atomic E-state index is 13.5. The molecule has 2 aliphatic rings.